The molecule has 3 aromatic rings. The molecule has 0 atom stereocenters. The fraction of sp³-hybridized carbons (Fsp3) is 0.400. The summed E-state index contributed by atoms with van der Waals surface area (Å²) in [5.74, 6) is 2.83. The predicted molar refractivity (Wildman–Crippen MR) is 106 cm³/mol. The van der Waals surface area contributed by atoms with Crippen molar-refractivity contribution in [2.24, 2.45) is 0 Å². The summed E-state index contributed by atoms with van der Waals surface area (Å²) in [7, 11) is 0. The zero-order valence-corrected chi connectivity index (χ0v) is 16.4. The van der Waals surface area contributed by atoms with E-state index in [-0.39, 0.29) is 0 Å². The molecule has 4 heterocycles. The van der Waals surface area contributed by atoms with E-state index in [1.165, 1.54) is 21.4 Å². The smallest absolute Gasteiger partial charge is 0.231 e. The number of piperazine rings is 1. The Balaban J connectivity index is 1.29. The highest BCUT2D eigenvalue weighted by Crippen LogP contribution is 2.34. The molecule has 1 aromatic carbocycles. The number of hydrogen-bond acceptors (Lipinski definition) is 6. The quantitative estimate of drug-likeness (QED) is 0.749. The second-order valence-corrected chi connectivity index (χ2v) is 8.47. The van der Waals surface area contributed by atoms with Crippen molar-refractivity contribution in [3.8, 4) is 11.5 Å². The van der Waals surface area contributed by atoms with E-state index in [9.17, 15) is 0 Å². The molecule has 27 heavy (non-hydrogen) atoms. The van der Waals surface area contributed by atoms with Gasteiger partial charge in [0.2, 0.25) is 6.79 Å². The molecule has 1 fully saturated rings. The van der Waals surface area contributed by atoms with Crippen molar-refractivity contribution in [3.63, 3.8) is 0 Å². The summed E-state index contributed by atoms with van der Waals surface area (Å²) in [6.07, 6.45) is 1.71. The third kappa shape index (κ3) is 3.00. The molecule has 0 saturated carbocycles. The van der Waals surface area contributed by atoms with Crippen LogP contribution in [-0.2, 0) is 6.54 Å². The average molecular weight is 383 g/mol. The molecule has 6 nitrogen and oxygen atoms in total. The Morgan fingerprint density at radius 1 is 1.11 bits per heavy atom. The van der Waals surface area contributed by atoms with E-state index in [1.807, 2.05) is 6.07 Å². The van der Waals surface area contributed by atoms with Crippen LogP contribution in [0.4, 0.5) is 5.82 Å². The van der Waals surface area contributed by atoms with Gasteiger partial charge in [-0.3, -0.25) is 0 Å². The molecule has 7 heteroatoms. The Hall–Kier alpha value is -2.38. The van der Waals surface area contributed by atoms with E-state index >= 15 is 0 Å². The van der Waals surface area contributed by atoms with Gasteiger partial charge in [-0.25, -0.2) is 9.97 Å². The number of aromatic nitrogens is 2. The summed E-state index contributed by atoms with van der Waals surface area (Å²) in [4.78, 5) is 15.6. The number of anilines is 1. The highest BCUT2D eigenvalue weighted by molar-refractivity contribution is 7.18. The highest BCUT2D eigenvalue weighted by Gasteiger charge is 2.25. The van der Waals surface area contributed by atoms with E-state index in [1.54, 1.807) is 22.6 Å². The summed E-state index contributed by atoms with van der Waals surface area (Å²) in [5.41, 5.74) is 2.62. The van der Waals surface area contributed by atoms with Crippen molar-refractivity contribution in [3.05, 3.63) is 40.5 Å². The lowest BCUT2D eigenvalue weighted by atomic mass is 10.1. The number of fused-ring (bicyclic) bond motifs is 2. The van der Waals surface area contributed by atoms with Crippen molar-refractivity contribution < 1.29 is 14.4 Å². The van der Waals surface area contributed by atoms with Crippen molar-refractivity contribution in [2.45, 2.75) is 20.4 Å². The molecular formula is C20H23N4O2S+. The number of aryl methyl sites for hydroxylation is 2. The molecule has 1 N–H and O–H groups in total. The first kappa shape index (κ1) is 16.8. The minimum absolute atomic E-state index is 0.333. The molecule has 0 radical (unpaired) electrons. The van der Waals surface area contributed by atoms with Crippen LogP contribution in [0, 0.1) is 13.8 Å². The minimum Gasteiger partial charge on any atom is -0.454 e. The first-order chi connectivity index (χ1) is 13.2. The Morgan fingerprint density at radius 2 is 1.93 bits per heavy atom. The number of quaternary nitrogens is 1. The van der Waals surface area contributed by atoms with Crippen LogP contribution < -0.4 is 19.3 Å². The summed E-state index contributed by atoms with van der Waals surface area (Å²) in [6, 6.07) is 6.29. The normalized spacial score (nSPS) is 17.0. The van der Waals surface area contributed by atoms with Gasteiger partial charge < -0.3 is 19.3 Å². The van der Waals surface area contributed by atoms with Crippen molar-refractivity contribution >= 4 is 27.4 Å². The second-order valence-electron chi connectivity index (χ2n) is 7.26. The molecule has 140 valence electrons. The van der Waals surface area contributed by atoms with E-state index in [0.717, 1.165) is 54.9 Å². The molecule has 2 aliphatic heterocycles. The number of ether oxygens (including phenoxy) is 2. The Kier molecular flexibility index (Phi) is 4.13. The van der Waals surface area contributed by atoms with Crippen molar-refractivity contribution in [1.29, 1.82) is 0 Å². The molecular weight excluding hydrogens is 360 g/mol. The zero-order chi connectivity index (χ0) is 18.4. The van der Waals surface area contributed by atoms with Gasteiger partial charge in [-0.2, -0.15) is 0 Å². The lowest BCUT2D eigenvalue weighted by Crippen LogP contribution is -3.13. The average Bonchev–Trinajstić information content (AvgIpc) is 3.26. The maximum atomic E-state index is 5.50. The molecule has 2 aromatic heterocycles. The molecule has 2 aliphatic rings. The SMILES string of the molecule is Cc1sc2ncnc(N3CC[NH+](Cc4ccc5c(c4)OCO5)CC3)c2c1C. The number of rotatable bonds is 3. The largest absolute Gasteiger partial charge is 0.454 e. The molecule has 0 spiro atoms. The summed E-state index contributed by atoms with van der Waals surface area (Å²) in [5, 5.41) is 1.24. The van der Waals surface area contributed by atoms with Crippen molar-refractivity contribution in [1.82, 2.24) is 9.97 Å². The van der Waals surface area contributed by atoms with Crippen LogP contribution in [-0.4, -0.2) is 42.9 Å². The Morgan fingerprint density at radius 3 is 2.78 bits per heavy atom. The highest BCUT2D eigenvalue weighted by atomic mass is 32.1. The van der Waals surface area contributed by atoms with Crippen LogP contribution >= 0.6 is 11.3 Å². The van der Waals surface area contributed by atoms with Gasteiger partial charge in [0.05, 0.1) is 31.6 Å². The third-order valence-corrected chi connectivity index (χ3v) is 6.72. The van der Waals surface area contributed by atoms with Crippen LogP contribution in [0.1, 0.15) is 16.0 Å². The fourth-order valence-electron chi connectivity index (χ4n) is 3.95. The number of thiophene rings is 1. The van der Waals surface area contributed by atoms with E-state index in [4.69, 9.17) is 9.47 Å². The standard InChI is InChI=1S/C20H22N4O2S/c1-13-14(2)27-20-18(13)19(21-11-22-20)24-7-5-23(6-8-24)10-15-3-4-16-17(9-15)26-12-25-16/h3-4,9,11H,5-8,10,12H2,1-2H3/p+1. The van der Waals surface area contributed by atoms with Gasteiger partial charge in [0.1, 0.15) is 23.5 Å². The lowest BCUT2D eigenvalue weighted by molar-refractivity contribution is -0.914. The molecule has 0 bridgehead atoms. The van der Waals surface area contributed by atoms with Gasteiger partial charge in [-0.1, -0.05) is 0 Å². The zero-order valence-electron chi connectivity index (χ0n) is 15.6. The van der Waals surface area contributed by atoms with Crippen LogP contribution in [0.3, 0.4) is 0 Å². The lowest BCUT2D eigenvalue weighted by Gasteiger charge is -2.33. The molecule has 1 saturated heterocycles. The summed E-state index contributed by atoms with van der Waals surface area (Å²) in [6.45, 7) is 9.92. The van der Waals surface area contributed by atoms with Gasteiger partial charge in [0.25, 0.3) is 0 Å². The van der Waals surface area contributed by atoms with Crippen LogP contribution in [0.2, 0.25) is 0 Å². The molecule has 5 rings (SSSR count). The number of nitrogens with one attached hydrogen (secondary N) is 1. The first-order valence-electron chi connectivity index (χ1n) is 9.37. The molecule has 0 unspecified atom stereocenters. The van der Waals surface area contributed by atoms with Crippen LogP contribution in [0.25, 0.3) is 10.2 Å². The van der Waals surface area contributed by atoms with Crippen LogP contribution in [0.15, 0.2) is 24.5 Å². The van der Waals surface area contributed by atoms with Gasteiger partial charge >= 0.3 is 0 Å². The van der Waals surface area contributed by atoms with Crippen LogP contribution in [0.5, 0.6) is 11.5 Å². The monoisotopic (exact) mass is 383 g/mol. The number of nitrogens with zero attached hydrogens (tertiary/aromatic N) is 3. The minimum atomic E-state index is 0.333. The van der Waals surface area contributed by atoms with Gasteiger partial charge in [0, 0.05) is 10.4 Å². The van der Waals surface area contributed by atoms with Gasteiger partial charge in [0.15, 0.2) is 11.5 Å². The summed E-state index contributed by atoms with van der Waals surface area (Å²) >= 11 is 1.76. The predicted octanol–water partition coefficient (Wildman–Crippen LogP) is 1.94. The van der Waals surface area contributed by atoms with Crippen molar-refractivity contribution in [2.75, 3.05) is 37.9 Å². The third-order valence-electron chi connectivity index (χ3n) is 5.61. The number of hydrogen-bond donors (Lipinski definition) is 1. The van der Waals surface area contributed by atoms with Gasteiger partial charge in [-0.05, 0) is 37.6 Å². The van der Waals surface area contributed by atoms with E-state index in [2.05, 4.69) is 40.8 Å². The Bertz CT molecular complexity index is 995. The maximum Gasteiger partial charge on any atom is 0.231 e. The Labute approximate surface area is 162 Å². The number of benzene rings is 1. The maximum absolute atomic E-state index is 5.50. The molecule has 0 amide bonds. The second kappa shape index (κ2) is 6.65. The molecule has 0 aliphatic carbocycles. The fourth-order valence-corrected chi connectivity index (χ4v) is 4.95. The topological polar surface area (TPSA) is 51.9 Å². The van der Waals surface area contributed by atoms with E-state index < -0.39 is 0 Å². The first-order valence-corrected chi connectivity index (χ1v) is 10.2. The summed E-state index contributed by atoms with van der Waals surface area (Å²) < 4.78 is 10.9. The van der Waals surface area contributed by atoms with Gasteiger partial charge in [-0.15, -0.1) is 11.3 Å². The van der Waals surface area contributed by atoms with E-state index in [0.29, 0.717) is 6.79 Å².